The second-order valence-electron chi connectivity index (χ2n) is 4.73. The maximum Gasteiger partial charge on any atom is 0.00647 e. The van der Waals surface area contributed by atoms with Gasteiger partial charge in [-0.1, -0.05) is 67.0 Å². The molecule has 2 atom stereocenters. The van der Waals surface area contributed by atoms with Crippen molar-refractivity contribution in [3.63, 3.8) is 0 Å². The summed E-state index contributed by atoms with van der Waals surface area (Å²) in [6.07, 6.45) is 1.19. The van der Waals surface area contributed by atoms with E-state index in [1.54, 1.807) is 0 Å². The zero-order valence-corrected chi connectivity index (χ0v) is 11.5. The van der Waals surface area contributed by atoms with Crippen LogP contribution in [0.4, 0.5) is 0 Å². The third-order valence-electron chi connectivity index (χ3n) is 3.17. The molecule has 0 aliphatic rings. The molecule has 0 spiro atoms. The van der Waals surface area contributed by atoms with Crippen LogP contribution in [0.15, 0.2) is 30.3 Å². The predicted octanol–water partition coefficient (Wildman–Crippen LogP) is 4.53. The highest BCUT2D eigenvalue weighted by atomic mass is 79.9. The molecule has 1 aromatic carbocycles. The highest BCUT2D eigenvalue weighted by molar-refractivity contribution is 9.09. The first-order valence-electron chi connectivity index (χ1n) is 5.75. The Morgan fingerprint density at radius 3 is 2.13 bits per heavy atom. The van der Waals surface area contributed by atoms with Crippen molar-refractivity contribution in [3.05, 3.63) is 35.9 Å². The third-order valence-corrected chi connectivity index (χ3v) is 3.91. The van der Waals surface area contributed by atoms with E-state index in [1.807, 2.05) is 0 Å². The molecule has 0 aliphatic carbocycles. The van der Waals surface area contributed by atoms with Crippen molar-refractivity contribution >= 4 is 15.9 Å². The lowest BCUT2D eigenvalue weighted by Crippen LogP contribution is -2.21. The van der Waals surface area contributed by atoms with E-state index in [0.717, 1.165) is 23.1 Å². The molecule has 0 fully saturated rings. The lowest BCUT2D eigenvalue weighted by atomic mass is 9.82. The van der Waals surface area contributed by atoms with Crippen molar-refractivity contribution in [2.75, 3.05) is 5.33 Å². The van der Waals surface area contributed by atoms with Gasteiger partial charge in [-0.05, 0) is 29.7 Å². The summed E-state index contributed by atoms with van der Waals surface area (Å²) in [7, 11) is 0. The van der Waals surface area contributed by atoms with Gasteiger partial charge in [0.2, 0.25) is 0 Å². The second kappa shape index (κ2) is 6.32. The molecule has 0 heterocycles. The minimum Gasteiger partial charge on any atom is -0.0925 e. The van der Waals surface area contributed by atoms with Crippen LogP contribution in [0.25, 0.3) is 0 Å². The molecular formula is C14H21Br. The molecule has 0 unspecified atom stereocenters. The standard InChI is InChI=1S/C14H21Br/c1-11(2)14(10-15)12(3)9-13-7-5-4-6-8-13/h4-8,11-12,14H,9-10H2,1-3H3/t12-,14-/m1/s1. The highest BCUT2D eigenvalue weighted by Crippen LogP contribution is 2.25. The molecule has 0 aliphatic heterocycles. The Hall–Kier alpha value is -0.300. The number of alkyl halides is 1. The van der Waals surface area contributed by atoms with E-state index in [9.17, 15) is 0 Å². The molecule has 0 radical (unpaired) electrons. The molecule has 0 amide bonds. The lowest BCUT2D eigenvalue weighted by molar-refractivity contribution is 0.302. The van der Waals surface area contributed by atoms with Crippen molar-refractivity contribution in [1.82, 2.24) is 0 Å². The third kappa shape index (κ3) is 3.98. The number of hydrogen-bond acceptors (Lipinski definition) is 0. The summed E-state index contributed by atoms with van der Waals surface area (Å²) in [6.45, 7) is 6.99. The monoisotopic (exact) mass is 268 g/mol. The summed E-state index contributed by atoms with van der Waals surface area (Å²) >= 11 is 3.63. The van der Waals surface area contributed by atoms with Crippen molar-refractivity contribution in [2.45, 2.75) is 27.2 Å². The Kier molecular flexibility index (Phi) is 5.38. The minimum atomic E-state index is 0.742. The van der Waals surface area contributed by atoms with Gasteiger partial charge >= 0.3 is 0 Å². The van der Waals surface area contributed by atoms with Crippen LogP contribution in [-0.4, -0.2) is 5.33 Å². The largest absolute Gasteiger partial charge is 0.0925 e. The van der Waals surface area contributed by atoms with Gasteiger partial charge in [-0.3, -0.25) is 0 Å². The molecule has 15 heavy (non-hydrogen) atoms. The Balaban J connectivity index is 2.58. The van der Waals surface area contributed by atoms with Gasteiger partial charge in [-0.2, -0.15) is 0 Å². The SMILES string of the molecule is CC(C)[C@@H](CBr)[C@H](C)Cc1ccccc1. The summed E-state index contributed by atoms with van der Waals surface area (Å²) in [5, 5.41) is 1.11. The molecule has 0 bridgehead atoms. The molecular weight excluding hydrogens is 248 g/mol. The summed E-state index contributed by atoms with van der Waals surface area (Å²) < 4.78 is 0. The molecule has 0 aromatic heterocycles. The Bertz CT molecular complexity index is 266. The predicted molar refractivity (Wildman–Crippen MR) is 71.4 cm³/mol. The van der Waals surface area contributed by atoms with Gasteiger partial charge in [0, 0.05) is 5.33 Å². The van der Waals surface area contributed by atoms with Crippen LogP contribution in [0.3, 0.4) is 0 Å². The quantitative estimate of drug-likeness (QED) is 0.689. The van der Waals surface area contributed by atoms with E-state index in [0.29, 0.717) is 0 Å². The fraction of sp³-hybridized carbons (Fsp3) is 0.571. The summed E-state index contributed by atoms with van der Waals surface area (Å²) in [5.41, 5.74) is 1.46. The number of rotatable bonds is 5. The average Bonchev–Trinajstić information content (AvgIpc) is 2.19. The molecule has 84 valence electrons. The van der Waals surface area contributed by atoms with Crippen molar-refractivity contribution in [1.29, 1.82) is 0 Å². The molecule has 0 nitrogen and oxygen atoms in total. The van der Waals surface area contributed by atoms with Crippen LogP contribution < -0.4 is 0 Å². The number of halogens is 1. The topological polar surface area (TPSA) is 0 Å². The van der Waals surface area contributed by atoms with Gasteiger partial charge < -0.3 is 0 Å². The first kappa shape index (κ1) is 12.8. The van der Waals surface area contributed by atoms with Crippen LogP contribution in [0.2, 0.25) is 0 Å². The molecule has 1 heteroatoms. The van der Waals surface area contributed by atoms with Crippen LogP contribution in [0, 0.1) is 17.8 Å². The summed E-state index contributed by atoms with van der Waals surface area (Å²) in [6, 6.07) is 10.8. The van der Waals surface area contributed by atoms with Crippen LogP contribution in [0.1, 0.15) is 26.3 Å². The number of benzene rings is 1. The fourth-order valence-electron chi connectivity index (χ4n) is 2.12. The van der Waals surface area contributed by atoms with Gasteiger partial charge in [0.25, 0.3) is 0 Å². The van der Waals surface area contributed by atoms with Gasteiger partial charge in [-0.25, -0.2) is 0 Å². The summed E-state index contributed by atoms with van der Waals surface area (Å²) in [5.74, 6) is 2.26. The fourth-order valence-corrected chi connectivity index (χ4v) is 3.51. The van der Waals surface area contributed by atoms with Crippen LogP contribution >= 0.6 is 15.9 Å². The first-order chi connectivity index (χ1) is 7.15. The van der Waals surface area contributed by atoms with E-state index in [4.69, 9.17) is 0 Å². The van der Waals surface area contributed by atoms with E-state index in [2.05, 4.69) is 67.0 Å². The van der Waals surface area contributed by atoms with Crippen molar-refractivity contribution < 1.29 is 0 Å². The highest BCUT2D eigenvalue weighted by Gasteiger charge is 2.19. The second-order valence-corrected chi connectivity index (χ2v) is 5.38. The maximum atomic E-state index is 3.63. The van der Waals surface area contributed by atoms with Crippen LogP contribution in [0.5, 0.6) is 0 Å². The average molecular weight is 269 g/mol. The molecule has 1 rings (SSSR count). The van der Waals surface area contributed by atoms with Gasteiger partial charge in [0.15, 0.2) is 0 Å². The lowest BCUT2D eigenvalue weighted by Gasteiger charge is -2.25. The molecule has 0 saturated heterocycles. The number of hydrogen-bond donors (Lipinski definition) is 0. The summed E-state index contributed by atoms with van der Waals surface area (Å²) in [4.78, 5) is 0. The van der Waals surface area contributed by atoms with Gasteiger partial charge in [-0.15, -0.1) is 0 Å². The van der Waals surface area contributed by atoms with Crippen molar-refractivity contribution in [3.8, 4) is 0 Å². The minimum absolute atomic E-state index is 0.742. The Labute approximate surface area is 102 Å². The normalized spacial score (nSPS) is 15.3. The zero-order chi connectivity index (χ0) is 11.3. The molecule has 1 aromatic rings. The zero-order valence-electron chi connectivity index (χ0n) is 9.91. The Morgan fingerprint density at radius 1 is 1.07 bits per heavy atom. The van der Waals surface area contributed by atoms with Crippen LogP contribution in [-0.2, 0) is 6.42 Å². The van der Waals surface area contributed by atoms with E-state index >= 15 is 0 Å². The smallest absolute Gasteiger partial charge is 0.00647 e. The maximum absolute atomic E-state index is 3.63. The van der Waals surface area contributed by atoms with Crippen molar-refractivity contribution in [2.24, 2.45) is 17.8 Å². The van der Waals surface area contributed by atoms with E-state index in [-0.39, 0.29) is 0 Å². The van der Waals surface area contributed by atoms with E-state index < -0.39 is 0 Å². The first-order valence-corrected chi connectivity index (χ1v) is 6.87. The molecule has 0 N–H and O–H groups in total. The van der Waals surface area contributed by atoms with Gasteiger partial charge in [0.1, 0.15) is 0 Å². The van der Waals surface area contributed by atoms with E-state index in [1.165, 1.54) is 12.0 Å². The molecule has 0 saturated carbocycles. The van der Waals surface area contributed by atoms with Gasteiger partial charge in [0.05, 0.1) is 0 Å². The Morgan fingerprint density at radius 2 is 1.67 bits per heavy atom.